The molecule has 0 atom stereocenters. The van der Waals surface area contributed by atoms with Crippen LogP contribution in [0.25, 0.3) is 0 Å². The van der Waals surface area contributed by atoms with Crippen LogP contribution in [0.5, 0.6) is 0 Å². The van der Waals surface area contributed by atoms with Crippen LogP contribution in [0.2, 0.25) is 0 Å². The molecule has 2 nitrogen and oxygen atoms in total. The number of nitrogens with zero attached hydrogens (tertiary/aromatic N) is 1. The van der Waals surface area contributed by atoms with Gasteiger partial charge in [0.15, 0.2) is 5.78 Å². The smallest absolute Gasteiger partial charge is 0.186 e. The largest absolute Gasteiger partial charge is 0.357 e. The second-order valence-corrected chi connectivity index (χ2v) is 8.15. The molecular formula is C20H27NO. The van der Waals surface area contributed by atoms with E-state index in [-0.39, 0.29) is 16.6 Å². The SMILES string of the molecule is CN1C=CC(=C2C=C(C(C)(C)C)C(=O)C(C(C)(C)C)=C2)C=C1. The summed E-state index contributed by atoms with van der Waals surface area (Å²) < 4.78 is 0. The minimum Gasteiger partial charge on any atom is -0.357 e. The van der Waals surface area contributed by atoms with Crippen molar-refractivity contribution in [2.75, 3.05) is 7.05 Å². The minimum atomic E-state index is -0.160. The van der Waals surface area contributed by atoms with Gasteiger partial charge in [0.25, 0.3) is 0 Å². The third kappa shape index (κ3) is 3.32. The molecule has 0 saturated heterocycles. The van der Waals surface area contributed by atoms with Gasteiger partial charge in [-0.15, -0.1) is 0 Å². The number of carbonyl (C=O) groups excluding carboxylic acids is 1. The van der Waals surface area contributed by atoms with Crippen LogP contribution >= 0.6 is 0 Å². The molecule has 2 aliphatic rings. The third-order valence-corrected chi connectivity index (χ3v) is 4.02. The first-order valence-electron chi connectivity index (χ1n) is 7.82. The molecule has 0 radical (unpaired) electrons. The summed E-state index contributed by atoms with van der Waals surface area (Å²) >= 11 is 0. The van der Waals surface area contributed by atoms with Gasteiger partial charge in [-0.05, 0) is 46.3 Å². The second-order valence-electron chi connectivity index (χ2n) is 8.15. The fraction of sp³-hybridized carbons (Fsp3) is 0.450. The first-order chi connectivity index (χ1) is 10.00. The molecule has 1 heterocycles. The summed E-state index contributed by atoms with van der Waals surface area (Å²) in [5.41, 5.74) is 3.73. The number of allylic oxidation sites excluding steroid dienone is 8. The third-order valence-electron chi connectivity index (χ3n) is 4.02. The Bertz CT molecular complexity index is 588. The van der Waals surface area contributed by atoms with Crippen molar-refractivity contribution < 1.29 is 4.79 Å². The first-order valence-corrected chi connectivity index (χ1v) is 7.82. The van der Waals surface area contributed by atoms with E-state index < -0.39 is 0 Å². The van der Waals surface area contributed by atoms with E-state index in [1.807, 2.05) is 24.3 Å². The molecule has 0 saturated carbocycles. The van der Waals surface area contributed by atoms with Crippen LogP contribution in [-0.2, 0) is 4.79 Å². The Hall–Kier alpha value is -1.83. The van der Waals surface area contributed by atoms with Gasteiger partial charge in [0.1, 0.15) is 0 Å². The van der Waals surface area contributed by atoms with E-state index in [2.05, 4.69) is 65.8 Å². The van der Waals surface area contributed by atoms with Crippen LogP contribution < -0.4 is 0 Å². The predicted octanol–water partition coefficient (Wildman–Crippen LogP) is 4.78. The molecule has 1 aliphatic carbocycles. The average Bonchev–Trinajstić information content (AvgIpc) is 2.37. The Morgan fingerprint density at radius 1 is 0.773 bits per heavy atom. The molecule has 2 heteroatoms. The summed E-state index contributed by atoms with van der Waals surface area (Å²) in [6.45, 7) is 12.6. The number of ketones is 1. The van der Waals surface area contributed by atoms with Crippen LogP contribution in [0.4, 0.5) is 0 Å². The van der Waals surface area contributed by atoms with Crippen LogP contribution in [-0.4, -0.2) is 17.7 Å². The van der Waals surface area contributed by atoms with Crippen molar-refractivity contribution in [3.63, 3.8) is 0 Å². The van der Waals surface area contributed by atoms with Crippen LogP contribution in [0.15, 0.2) is 59.0 Å². The Morgan fingerprint density at radius 2 is 1.18 bits per heavy atom. The standard InChI is InChI=1S/C20H27NO/c1-19(2,3)16-12-15(14-8-10-21(7)11-9-14)13-17(18(16)22)20(4,5)6/h8-13H,1-7H3. The zero-order valence-corrected chi connectivity index (χ0v) is 14.8. The molecule has 0 unspecified atom stereocenters. The Balaban J connectivity index is 2.62. The molecule has 0 aromatic rings. The molecule has 0 aromatic heterocycles. The number of hydrogen-bond donors (Lipinski definition) is 0. The lowest BCUT2D eigenvalue weighted by atomic mass is 9.71. The van der Waals surface area contributed by atoms with Crippen molar-refractivity contribution in [3.8, 4) is 0 Å². The average molecular weight is 297 g/mol. The lowest BCUT2D eigenvalue weighted by Gasteiger charge is -2.31. The van der Waals surface area contributed by atoms with Gasteiger partial charge in [-0.3, -0.25) is 4.79 Å². The Morgan fingerprint density at radius 3 is 1.55 bits per heavy atom. The zero-order chi connectivity index (χ0) is 16.7. The lowest BCUT2D eigenvalue weighted by molar-refractivity contribution is -0.114. The molecule has 2 rings (SSSR count). The highest BCUT2D eigenvalue weighted by Gasteiger charge is 2.34. The maximum atomic E-state index is 12.9. The quantitative estimate of drug-likeness (QED) is 0.641. The number of Topliss-reactive ketones (excluding diaryl/α,β-unsaturated/α-hetero) is 1. The van der Waals surface area contributed by atoms with E-state index in [0.29, 0.717) is 0 Å². The first kappa shape index (κ1) is 16.5. The van der Waals surface area contributed by atoms with Gasteiger partial charge in [-0.25, -0.2) is 0 Å². The summed E-state index contributed by atoms with van der Waals surface area (Å²) in [5, 5.41) is 0. The molecule has 0 spiro atoms. The van der Waals surface area contributed by atoms with Crippen LogP contribution in [0.3, 0.4) is 0 Å². The van der Waals surface area contributed by atoms with Gasteiger partial charge in [-0.2, -0.15) is 0 Å². The molecule has 0 amide bonds. The van der Waals surface area contributed by atoms with E-state index >= 15 is 0 Å². The van der Waals surface area contributed by atoms with Crippen molar-refractivity contribution in [1.29, 1.82) is 0 Å². The molecular weight excluding hydrogens is 270 g/mol. The number of hydrogen-bond acceptors (Lipinski definition) is 2. The fourth-order valence-electron chi connectivity index (χ4n) is 2.60. The van der Waals surface area contributed by atoms with Gasteiger partial charge in [0.05, 0.1) is 0 Å². The Kier molecular flexibility index (Phi) is 4.08. The zero-order valence-electron chi connectivity index (χ0n) is 14.8. The van der Waals surface area contributed by atoms with E-state index in [1.165, 1.54) is 0 Å². The monoisotopic (exact) mass is 297 g/mol. The highest BCUT2D eigenvalue weighted by Crippen LogP contribution is 2.39. The van der Waals surface area contributed by atoms with Gasteiger partial charge in [0, 0.05) is 30.6 Å². The summed E-state index contributed by atoms with van der Waals surface area (Å²) in [5.74, 6) is 0.185. The lowest BCUT2D eigenvalue weighted by Crippen LogP contribution is -2.28. The molecule has 0 N–H and O–H groups in total. The number of carbonyl (C=O) groups is 1. The maximum Gasteiger partial charge on any atom is 0.186 e. The highest BCUT2D eigenvalue weighted by molar-refractivity contribution is 6.11. The van der Waals surface area contributed by atoms with Crippen molar-refractivity contribution >= 4 is 5.78 Å². The van der Waals surface area contributed by atoms with Crippen molar-refractivity contribution in [2.45, 2.75) is 41.5 Å². The molecule has 0 aromatic carbocycles. The second kappa shape index (κ2) is 5.42. The fourth-order valence-corrected chi connectivity index (χ4v) is 2.60. The van der Waals surface area contributed by atoms with Crippen molar-refractivity contribution in [3.05, 3.63) is 59.0 Å². The normalized spacial score (nSPS) is 19.6. The molecule has 118 valence electrons. The molecule has 1 aliphatic heterocycles. The minimum absolute atomic E-state index is 0.160. The summed E-state index contributed by atoms with van der Waals surface area (Å²) in [6.07, 6.45) is 12.4. The van der Waals surface area contributed by atoms with Gasteiger partial charge in [0.2, 0.25) is 0 Å². The summed E-state index contributed by atoms with van der Waals surface area (Å²) in [4.78, 5) is 14.9. The highest BCUT2D eigenvalue weighted by atomic mass is 16.1. The Labute approximate surface area is 134 Å². The van der Waals surface area contributed by atoms with Crippen molar-refractivity contribution in [2.24, 2.45) is 10.8 Å². The van der Waals surface area contributed by atoms with Crippen LogP contribution in [0, 0.1) is 10.8 Å². The topological polar surface area (TPSA) is 20.3 Å². The van der Waals surface area contributed by atoms with E-state index in [1.54, 1.807) is 0 Å². The summed E-state index contributed by atoms with van der Waals surface area (Å²) in [7, 11) is 2.01. The predicted molar refractivity (Wildman–Crippen MR) is 93.2 cm³/mol. The molecule has 22 heavy (non-hydrogen) atoms. The van der Waals surface area contributed by atoms with E-state index in [4.69, 9.17) is 0 Å². The van der Waals surface area contributed by atoms with Gasteiger partial charge in [-0.1, -0.05) is 41.5 Å². The van der Waals surface area contributed by atoms with E-state index in [9.17, 15) is 4.79 Å². The van der Waals surface area contributed by atoms with Gasteiger partial charge < -0.3 is 4.90 Å². The van der Waals surface area contributed by atoms with Crippen molar-refractivity contribution in [1.82, 2.24) is 4.90 Å². The summed E-state index contributed by atoms with van der Waals surface area (Å²) in [6, 6.07) is 0. The molecule has 0 bridgehead atoms. The molecule has 0 fully saturated rings. The van der Waals surface area contributed by atoms with E-state index in [0.717, 1.165) is 22.3 Å². The maximum absolute atomic E-state index is 12.9. The van der Waals surface area contributed by atoms with Gasteiger partial charge >= 0.3 is 0 Å². The van der Waals surface area contributed by atoms with Crippen LogP contribution in [0.1, 0.15) is 41.5 Å². The number of rotatable bonds is 0.